The van der Waals surface area contributed by atoms with Gasteiger partial charge in [0.15, 0.2) is 0 Å². The molecule has 1 saturated heterocycles. The van der Waals surface area contributed by atoms with Gasteiger partial charge in [-0.1, -0.05) is 13.3 Å². The van der Waals surface area contributed by atoms with E-state index in [0.717, 1.165) is 25.7 Å². The number of ether oxygens (including phenoxy) is 1. The molecule has 3 nitrogen and oxygen atoms in total. The fourth-order valence-corrected chi connectivity index (χ4v) is 2.58. The van der Waals surface area contributed by atoms with Gasteiger partial charge in [0.05, 0.1) is 6.61 Å². The third-order valence-electron chi connectivity index (χ3n) is 3.65. The quantitative estimate of drug-likeness (QED) is 0.720. The lowest BCUT2D eigenvalue weighted by Gasteiger charge is -2.32. The second-order valence-corrected chi connectivity index (χ2v) is 4.85. The van der Waals surface area contributed by atoms with E-state index >= 15 is 0 Å². The lowest BCUT2D eigenvalue weighted by atomic mass is 9.98. The lowest BCUT2D eigenvalue weighted by molar-refractivity contribution is 0.119. The van der Waals surface area contributed by atoms with Crippen molar-refractivity contribution in [2.24, 2.45) is 0 Å². The maximum absolute atomic E-state index is 5.16. The fraction of sp³-hybridized carbons (Fsp3) is 1.00. The van der Waals surface area contributed by atoms with Crippen LogP contribution in [0.3, 0.4) is 0 Å². The Bertz CT molecular complexity index is 169. The number of nitrogens with zero attached hydrogens (tertiary/aromatic N) is 1. The molecule has 0 aliphatic carbocycles. The zero-order valence-electron chi connectivity index (χ0n) is 11.2. The minimum Gasteiger partial charge on any atom is -0.383 e. The number of hydrogen-bond donors (Lipinski definition) is 1. The van der Waals surface area contributed by atoms with Gasteiger partial charge in [-0.15, -0.1) is 0 Å². The Hall–Kier alpha value is -0.120. The summed E-state index contributed by atoms with van der Waals surface area (Å²) in [6, 6.07) is 1.40. The third-order valence-corrected chi connectivity index (χ3v) is 3.65. The number of likely N-dealkylation sites (N-methyl/N-ethyl adjacent to an activating group) is 1. The molecule has 0 saturated carbocycles. The first kappa shape index (κ1) is 13.9. The second kappa shape index (κ2) is 8.04. The summed E-state index contributed by atoms with van der Waals surface area (Å²) in [5.41, 5.74) is 0. The Morgan fingerprint density at radius 3 is 2.81 bits per heavy atom. The predicted octanol–water partition coefficient (Wildman–Crippen LogP) is 1.88. The van der Waals surface area contributed by atoms with Gasteiger partial charge in [0.2, 0.25) is 0 Å². The van der Waals surface area contributed by atoms with Gasteiger partial charge in [-0.2, -0.15) is 0 Å². The van der Waals surface area contributed by atoms with Gasteiger partial charge in [0, 0.05) is 25.7 Å². The highest BCUT2D eigenvalue weighted by Gasteiger charge is 2.19. The van der Waals surface area contributed by atoms with E-state index < -0.39 is 0 Å². The van der Waals surface area contributed by atoms with Crippen molar-refractivity contribution < 1.29 is 4.74 Å². The maximum atomic E-state index is 5.16. The number of rotatable bonds is 7. The van der Waals surface area contributed by atoms with Gasteiger partial charge >= 0.3 is 0 Å². The van der Waals surface area contributed by atoms with Gasteiger partial charge in [-0.3, -0.25) is 4.90 Å². The average Bonchev–Trinajstić information content (AvgIpc) is 2.31. The Morgan fingerprint density at radius 2 is 2.25 bits per heavy atom. The SMILES string of the molecule is CCN(CCOC)C(C)CC1CCCCN1. The minimum absolute atomic E-state index is 0.663. The van der Waals surface area contributed by atoms with E-state index in [0.29, 0.717) is 6.04 Å². The summed E-state index contributed by atoms with van der Waals surface area (Å²) in [7, 11) is 1.78. The van der Waals surface area contributed by atoms with Crippen LogP contribution in [-0.4, -0.2) is 50.3 Å². The normalized spacial score (nSPS) is 23.6. The fourth-order valence-electron chi connectivity index (χ4n) is 2.58. The van der Waals surface area contributed by atoms with Gasteiger partial charge in [0.1, 0.15) is 0 Å². The number of nitrogens with one attached hydrogen (secondary N) is 1. The summed E-state index contributed by atoms with van der Waals surface area (Å²) in [6.45, 7) is 8.81. The van der Waals surface area contributed by atoms with Crippen LogP contribution in [0.2, 0.25) is 0 Å². The molecule has 96 valence electrons. The van der Waals surface area contributed by atoms with E-state index in [2.05, 4.69) is 24.1 Å². The molecule has 3 heteroatoms. The molecule has 0 bridgehead atoms. The molecule has 0 radical (unpaired) electrons. The molecule has 1 aliphatic rings. The number of hydrogen-bond acceptors (Lipinski definition) is 3. The van der Waals surface area contributed by atoms with Crippen molar-refractivity contribution >= 4 is 0 Å². The Morgan fingerprint density at radius 1 is 1.44 bits per heavy atom. The first-order valence-corrected chi connectivity index (χ1v) is 6.74. The van der Waals surface area contributed by atoms with Crippen LogP contribution in [0.25, 0.3) is 0 Å². The molecule has 0 aromatic carbocycles. The Labute approximate surface area is 101 Å². The highest BCUT2D eigenvalue weighted by molar-refractivity contribution is 4.78. The van der Waals surface area contributed by atoms with Gasteiger partial charge in [-0.05, 0) is 39.3 Å². The van der Waals surface area contributed by atoms with Crippen LogP contribution in [-0.2, 0) is 4.74 Å². The first-order valence-electron chi connectivity index (χ1n) is 6.74. The number of methoxy groups -OCH3 is 1. The standard InChI is InChI=1S/C13H28N2O/c1-4-15(9-10-16-3)12(2)11-13-7-5-6-8-14-13/h12-14H,4-11H2,1-3H3. The van der Waals surface area contributed by atoms with Crippen LogP contribution in [0.5, 0.6) is 0 Å². The smallest absolute Gasteiger partial charge is 0.0589 e. The molecule has 1 fully saturated rings. The van der Waals surface area contributed by atoms with Crippen molar-refractivity contribution in [2.45, 2.75) is 51.6 Å². The Kier molecular flexibility index (Phi) is 7.01. The molecule has 16 heavy (non-hydrogen) atoms. The summed E-state index contributed by atoms with van der Waals surface area (Å²) in [4.78, 5) is 2.51. The molecular weight excluding hydrogens is 200 g/mol. The summed E-state index contributed by atoms with van der Waals surface area (Å²) in [5, 5.41) is 3.63. The van der Waals surface area contributed by atoms with Gasteiger partial charge in [-0.25, -0.2) is 0 Å². The second-order valence-electron chi connectivity index (χ2n) is 4.85. The van der Waals surface area contributed by atoms with E-state index in [-0.39, 0.29) is 0 Å². The summed E-state index contributed by atoms with van der Waals surface area (Å²) < 4.78 is 5.16. The summed E-state index contributed by atoms with van der Waals surface area (Å²) in [6.07, 6.45) is 5.38. The molecule has 1 aliphatic heterocycles. The lowest BCUT2D eigenvalue weighted by Crippen LogP contribution is -2.42. The van der Waals surface area contributed by atoms with Crippen LogP contribution in [0.1, 0.15) is 39.5 Å². The molecule has 1 heterocycles. The highest BCUT2D eigenvalue weighted by Crippen LogP contribution is 2.14. The van der Waals surface area contributed by atoms with Crippen LogP contribution >= 0.6 is 0 Å². The van der Waals surface area contributed by atoms with Crippen molar-refractivity contribution in [3.63, 3.8) is 0 Å². The van der Waals surface area contributed by atoms with Gasteiger partial charge in [0.25, 0.3) is 0 Å². The number of piperidine rings is 1. The Balaban J connectivity index is 2.26. The molecule has 0 spiro atoms. The summed E-state index contributed by atoms with van der Waals surface area (Å²) >= 11 is 0. The molecule has 0 aromatic heterocycles. The van der Waals surface area contributed by atoms with E-state index in [4.69, 9.17) is 4.74 Å². The minimum atomic E-state index is 0.663. The van der Waals surface area contributed by atoms with E-state index in [1.165, 1.54) is 32.2 Å². The molecule has 1 N–H and O–H groups in total. The molecular formula is C13H28N2O. The molecule has 1 rings (SSSR count). The molecule has 0 amide bonds. The first-order chi connectivity index (χ1) is 7.77. The zero-order valence-corrected chi connectivity index (χ0v) is 11.2. The monoisotopic (exact) mass is 228 g/mol. The van der Waals surface area contributed by atoms with Crippen molar-refractivity contribution in [3.8, 4) is 0 Å². The van der Waals surface area contributed by atoms with Crippen molar-refractivity contribution in [1.29, 1.82) is 0 Å². The van der Waals surface area contributed by atoms with E-state index in [1.807, 2.05) is 0 Å². The van der Waals surface area contributed by atoms with Crippen molar-refractivity contribution in [2.75, 3.05) is 33.4 Å². The molecule has 0 aromatic rings. The predicted molar refractivity (Wildman–Crippen MR) is 68.8 cm³/mol. The molecule has 2 atom stereocenters. The van der Waals surface area contributed by atoms with Crippen LogP contribution in [0, 0.1) is 0 Å². The van der Waals surface area contributed by atoms with Crippen LogP contribution in [0.4, 0.5) is 0 Å². The summed E-state index contributed by atoms with van der Waals surface area (Å²) in [5.74, 6) is 0. The molecule has 2 unspecified atom stereocenters. The zero-order chi connectivity index (χ0) is 11.8. The van der Waals surface area contributed by atoms with Crippen molar-refractivity contribution in [3.05, 3.63) is 0 Å². The van der Waals surface area contributed by atoms with Gasteiger partial charge < -0.3 is 10.1 Å². The third kappa shape index (κ3) is 4.81. The highest BCUT2D eigenvalue weighted by atomic mass is 16.5. The van der Waals surface area contributed by atoms with E-state index in [9.17, 15) is 0 Å². The van der Waals surface area contributed by atoms with Crippen LogP contribution in [0.15, 0.2) is 0 Å². The average molecular weight is 228 g/mol. The largest absolute Gasteiger partial charge is 0.383 e. The maximum Gasteiger partial charge on any atom is 0.0589 e. The topological polar surface area (TPSA) is 24.5 Å². The van der Waals surface area contributed by atoms with Crippen molar-refractivity contribution in [1.82, 2.24) is 10.2 Å². The van der Waals surface area contributed by atoms with E-state index in [1.54, 1.807) is 7.11 Å². The van der Waals surface area contributed by atoms with Crippen LogP contribution < -0.4 is 5.32 Å².